The van der Waals surface area contributed by atoms with E-state index in [0.717, 1.165) is 32.2 Å². The largest absolute Gasteiger partial charge is 0.339 e. The first kappa shape index (κ1) is 21.7. The first-order chi connectivity index (χ1) is 15.4. The van der Waals surface area contributed by atoms with Crippen LogP contribution in [-0.4, -0.2) is 40.2 Å². The van der Waals surface area contributed by atoms with E-state index in [1.54, 1.807) is 24.3 Å². The van der Waals surface area contributed by atoms with Crippen molar-refractivity contribution >= 4 is 35.1 Å². The summed E-state index contributed by atoms with van der Waals surface area (Å²) in [6.45, 7) is 4.35. The summed E-state index contributed by atoms with van der Waals surface area (Å²) in [4.78, 5) is 59.2. The Hall–Kier alpha value is -3.49. The summed E-state index contributed by atoms with van der Waals surface area (Å²) in [7, 11) is 0. The topological polar surface area (TPSA) is 124 Å². The van der Waals surface area contributed by atoms with Crippen LogP contribution in [-0.2, 0) is 9.59 Å². The molecule has 2 aliphatic rings. The molecule has 9 heteroatoms. The number of carbonyl (C=O) groups excluding carboxylic acids is 3. The van der Waals surface area contributed by atoms with Gasteiger partial charge in [-0.05, 0) is 56.9 Å². The molecule has 4 rings (SSSR count). The molecule has 3 heterocycles. The minimum Gasteiger partial charge on any atom is -0.339 e. The number of aromatic nitrogens is 2. The van der Waals surface area contributed by atoms with Crippen molar-refractivity contribution < 1.29 is 14.4 Å². The predicted molar refractivity (Wildman–Crippen MR) is 121 cm³/mol. The molecule has 2 amide bonds. The molecular weight excluding hydrogens is 410 g/mol. The van der Waals surface area contributed by atoms with Gasteiger partial charge in [-0.15, -0.1) is 0 Å². The number of Topliss-reactive ketones (excluding diaryl/α,β-unsaturated/α-hetero) is 1. The van der Waals surface area contributed by atoms with E-state index in [1.165, 1.54) is 6.92 Å². The highest BCUT2D eigenvalue weighted by Gasteiger charge is 2.35. The molecule has 0 radical (unpaired) electrons. The van der Waals surface area contributed by atoms with Crippen LogP contribution in [0, 0.1) is 0 Å². The number of carbonyl (C=O) groups is 3. The fourth-order valence-electron chi connectivity index (χ4n) is 4.44. The number of ketones is 1. The highest BCUT2D eigenvalue weighted by Crippen LogP contribution is 2.31. The minimum absolute atomic E-state index is 0.0758. The number of aromatic amines is 1. The van der Waals surface area contributed by atoms with Crippen LogP contribution in [0.25, 0.3) is 0 Å². The van der Waals surface area contributed by atoms with Crippen molar-refractivity contribution in [1.29, 1.82) is 0 Å². The first-order valence-corrected chi connectivity index (χ1v) is 11.0. The number of rotatable bonds is 5. The number of H-pyrrole nitrogens is 1. The molecule has 1 saturated heterocycles. The minimum atomic E-state index is -0.958. The van der Waals surface area contributed by atoms with Gasteiger partial charge in [0.05, 0.1) is 11.5 Å². The van der Waals surface area contributed by atoms with Gasteiger partial charge in [-0.2, -0.15) is 4.98 Å². The van der Waals surface area contributed by atoms with Crippen molar-refractivity contribution in [1.82, 2.24) is 9.97 Å². The maximum atomic E-state index is 13.0. The lowest BCUT2D eigenvalue weighted by Gasteiger charge is -2.36. The molecule has 2 aromatic rings. The molecule has 1 fully saturated rings. The molecule has 1 aromatic carbocycles. The molecule has 2 aliphatic heterocycles. The second-order valence-electron chi connectivity index (χ2n) is 8.33. The first-order valence-electron chi connectivity index (χ1n) is 11.0. The van der Waals surface area contributed by atoms with Crippen LogP contribution in [0.4, 0.5) is 17.5 Å². The van der Waals surface area contributed by atoms with Crippen LogP contribution in [0.3, 0.4) is 0 Å². The molecule has 9 nitrogen and oxygen atoms in total. The summed E-state index contributed by atoms with van der Waals surface area (Å²) in [5.41, 5.74) is 0.753. The molecular formula is C23H27N5O4. The highest BCUT2D eigenvalue weighted by atomic mass is 16.2. The number of nitrogens with one attached hydrogen (secondary N) is 3. The Labute approximate surface area is 185 Å². The van der Waals surface area contributed by atoms with Gasteiger partial charge in [0.2, 0.25) is 17.8 Å². The van der Waals surface area contributed by atoms with E-state index in [1.807, 2.05) is 0 Å². The predicted octanol–water partition coefficient (Wildman–Crippen LogP) is 2.81. The van der Waals surface area contributed by atoms with Crippen LogP contribution in [0.2, 0.25) is 0 Å². The summed E-state index contributed by atoms with van der Waals surface area (Å²) in [5, 5.41) is 5.41. The Kier molecular flexibility index (Phi) is 6.07. The van der Waals surface area contributed by atoms with Gasteiger partial charge >= 0.3 is 0 Å². The molecule has 0 spiro atoms. The lowest BCUT2D eigenvalue weighted by Crippen LogP contribution is -2.43. The number of amides is 2. The second kappa shape index (κ2) is 8.94. The van der Waals surface area contributed by atoms with Gasteiger partial charge in [-0.25, -0.2) is 0 Å². The third kappa shape index (κ3) is 4.28. The van der Waals surface area contributed by atoms with Gasteiger partial charge in [0, 0.05) is 30.3 Å². The number of benzene rings is 1. The standard InChI is InChI=1S/C23H27N5O4/c1-3-16-6-4-5-11-28(16)23-26-20-19(22(32)27-23)17(12-18(30)25-20)21(31)24-15-9-7-14(8-10-15)13(2)29/h7-10,16-17H,3-6,11-12H2,1-2H3,(H,24,31)(H2,25,26,27,30,32)/t16-,17+/m1/s1. The molecule has 0 unspecified atom stereocenters. The van der Waals surface area contributed by atoms with Crippen molar-refractivity contribution in [3.63, 3.8) is 0 Å². The van der Waals surface area contributed by atoms with Gasteiger partial charge in [0.15, 0.2) is 5.78 Å². The summed E-state index contributed by atoms with van der Waals surface area (Å²) >= 11 is 0. The van der Waals surface area contributed by atoms with Gasteiger partial charge < -0.3 is 15.5 Å². The van der Waals surface area contributed by atoms with Crippen LogP contribution in [0.15, 0.2) is 29.1 Å². The Morgan fingerprint density at radius 2 is 1.94 bits per heavy atom. The Morgan fingerprint density at radius 3 is 2.62 bits per heavy atom. The molecule has 0 aliphatic carbocycles. The monoisotopic (exact) mass is 437 g/mol. The Balaban J connectivity index is 1.62. The van der Waals surface area contributed by atoms with E-state index in [0.29, 0.717) is 17.2 Å². The molecule has 2 atom stereocenters. The van der Waals surface area contributed by atoms with E-state index >= 15 is 0 Å². The second-order valence-corrected chi connectivity index (χ2v) is 8.33. The zero-order valence-electron chi connectivity index (χ0n) is 18.2. The van der Waals surface area contributed by atoms with E-state index in [4.69, 9.17) is 0 Å². The molecule has 1 aromatic heterocycles. The van der Waals surface area contributed by atoms with E-state index in [-0.39, 0.29) is 35.5 Å². The zero-order chi connectivity index (χ0) is 22.8. The third-order valence-corrected chi connectivity index (χ3v) is 6.18. The number of fused-ring (bicyclic) bond motifs is 1. The van der Waals surface area contributed by atoms with Crippen LogP contribution >= 0.6 is 0 Å². The Bertz CT molecular complexity index is 1110. The van der Waals surface area contributed by atoms with Gasteiger partial charge in [-0.3, -0.25) is 24.2 Å². The maximum absolute atomic E-state index is 13.0. The number of anilines is 3. The summed E-state index contributed by atoms with van der Waals surface area (Å²) in [6.07, 6.45) is 3.96. The average Bonchev–Trinajstić information content (AvgIpc) is 2.78. The lowest BCUT2D eigenvalue weighted by molar-refractivity contribution is -0.123. The average molecular weight is 438 g/mol. The maximum Gasteiger partial charge on any atom is 0.258 e. The van der Waals surface area contributed by atoms with Crippen molar-refractivity contribution in [2.45, 2.75) is 57.9 Å². The lowest BCUT2D eigenvalue weighted by atomic mass is 9.92. The third-order valence-electron chi connectivity index (χ3n) is 6.18. The molecule has 168 valence electrons. The quantitative estimate of drug-likeness (QED) is 0.618. The molecule has 0 saturated carbocycles. The number of hydrogen-bond acceptors (Lipinski definition) is 6. The smallest absolute Gasteiger partial charge is 0.258 e. The number of hydrogen-bond donors (Lipinski definition) is 3. The van der Waals surface area contributed by atoms with Gasteiger partial charge in [-0.1, -0.05) is 6.92 Å². The summed E-state index contributed by atoms with van der Waals surface area (Å²) in [5.74, 6) is -1.29. The van der Waals surface area contributed by atoms with Crippen LogP contribution in [0.5, 0.6) is 0 Å². The van der Waals surface area contributed by atoms with Crippen molar-refractivity contribution in [3.05, 3.63) is 45.7 Å². The van der Waals surface area contributed by atoms with Crippen LogP contribution < -0.4 is 21.1 Å². The normalized spacial score (nSPS) is 20.3. The van der Waals surface area contributed by atoms with Crippen molar-refractivity contribution in [3.8, 4) is 0 Å². The number of piperidine rings is 1. The Morgan fingerprint density at radius 1 is 1.19 bits per heavy atom. The fourth-order valence-corrected chi connectivity index (χ4v) is 4.44. The van der Waals surface area contributed by atoms with Gasteiger partial charge in [0.25, 0.3) is 5.56 Å². The number of nitrogens with zero attached hydrogens (tertiary/aromatic N) is 2. The molecule has 32 heavy (non-hydrogen) atoms. The van der Waals surface area contributed by atoms with E-state index in [2.05, 4.69) is 32.4 Å². The van der Waals surface area contributed by atoms with Gasteiger partial charge in [0.1, 0.15) is 5.82 Å². The zero-order valence-corrected chi connectivity index (χ0v) is 18.2. The summed E-state index contributed by atoms with van der Waals surface area (Å²) in [6, 6.07) is 6.74. The molecule has 0 bridgehead atoms. The highest BCUT2D eigenvalue weighted by molar-refractivity contribution is 6.04. The van der Waals surface area contributed by atoms with Crippen molar-refractivity contribution in [2.24, 2.45) is 0 Å². The fraction of sp³-hybridized carbons (Fsp3) is 0.435. The van der Waals surface area contributed by atoms with Crippen LogP contribution in [0.1, 0.15) is 67.8 Å². The van der Waals surface area contributed by atoms with Crippen molar-refractivity contribution in [2.75, 3.05) is 22.1 Å². The van der Waals surface area contributed by atoms with E-state index in [9.17, 15) is 19.2 Å². The molecule has 3 N–H and O–H groups in total. The summed E-state index contributed by atoms with van der Waals surface area (Å²) < 4.78 is 0. The van der Waals surface area contributed by atoms with E-state index < -0.39 is 17.4 Å². The SMILES string of the molecule is CC[C@@H]1CCCCN1c1nc2c(c(=O)[nH]1)[C@@H](C(=O)Nc1ccc(C(C)=O)cc1)CC(=O)N2.